The number of nitrogens with zero attached hydrogens (tertiary/aromatic N) is 1. The summed E-state index contributed by atoms with van der Waals surface area (Å²) in [6.07, 6.45) is -2.00. The van der Waals surface area contributed by atoms with Gasteiger partial charge in [0, 0.05) is 6.92 Å². The summed E-state index contributed by atoms with van der Waals surface area (Å²) in [5, 5.41) is 1.81. The van der Waals surface area contributed by atoms with Crippen molar-refractivity contribution in [3.8, 4) is 0 Å². The van der Waals surface area contributed by atoms with E-state index >= 15 is 0 Å². The van der Waals surface area contributed by atoms with Crippen LogP contribution in [0.2, 0.25) is 0 Å². The summed E-state index contributed by atoms with van der Waals surface area (Å²) in [6.45, 7) is 0.961. The van der Waals surface area contributed by atoms with Gasteiger partial charge in [0.1, 0.15) is 6.04 Å². The first-order chi connectivity index (χ1) is 11.8. The van der Waals surface area contributed by atoms with Crippen molar-refractivity contribution in [3.05, 3.63) is 35.9 Å². The summed E-state index contributed by atoms with van der Waals surface area (Å²) in [6, 6.07) is 8.08. The van der Waals surface area contributed by atoms with Crippen LogP contribution in [0.15, 0.2) is 30.3 Å². The van der Waals surface area contributed by atoms with Crippen LogP contribution in [0.5, 0.6) is 0 Å². The van der Waals surface area contributed by atoms with E-state index in [0.717, 1.165) is 19.8 Å². The molecule has 0 radical (unpaired) electrons. The average Bonchev–Trinajstić information content (AvgIpc) is 3.15. The number of halogens is 3. The van der Waals surface area contributed by atoms with Crippen molar-refractivity contribution in [3.63, 3.8) is 0 Å². The number of carbonyl (C=O) groups excluding carboxylic acids is 2. The van der Waals surface area contributed by atoms with Gasteiger partial charge in [-0.15, -0.1) is 0 Å². The fourth-order valence-electron chi connectivity index (χ4n) is 3.50. The topological polar surface area (TPSA) is 63.4 Å². The van der Waals surface area contributed by atoms with E-state index in [1.165, 1.54) is 4.90 Å². The number of hydrogen-bond acceptors (Lipinski definition) is 2. The van der Waals surface area contributed by atoms with Crippen molar-refractivity contribution in [2.45, 2.75) is 50.5 Å². The first-order valence-electron chi connectivity index (χ1n) is 8.16. The summed E-state index contributed by atoms with van der Waals surface area (Å²) < 4.78 is 41.5. The predicted octanol–water partition coefficient (Wildman–Crippen LogP) is 0.693. The number of benzene rings is 1. The first kappa shape index (κ1) is 17.4. The fraction of sp³-hybridized carbons (Fsp3) is 0.471. The van der Waals surface area contributed by atoms with Gasteiger partial charge < -0.3 is 0 Å². The second-order valence-electron chi connectivity index (χ2n) is 6.38. The Hall–Kier alpha value is -2.38. The second kappa shape index (κ2) is 6.16. The summed E-state index contributed by atoms with van der Waals surface area (Å²) >= 11 is 0. The lowest BCUT2D eigenvalue weighted by molar-refractivity contribution is -0.581. The molecular formula is C17H19F3N3O2+. The molecule has 1 saturated carbocycles. The molecule has 1 aliphatic carbocycles. The van der Waals surface area contributed by atoms with Crippen molar-refractivity contribution < 1.29 is 27.8 Å². The number of carbonyl (C=O) groups is 2. The van der Waals surface area contributed by atoms with Gasteiger partial charge in [0.15, 0.2) is 0 Å². The molecule has 25 heavy (non-hydrogen) atoms. The van der Waals surface area contributed by atoms with Gasteiger partial charge >= 0.3 is 17.7 Å². The van der Waals surface area contributed by atoms with Crippen LogP contribution < -0.4 is 10.3 Å². The summed E-state index contributed by atoms with van der Waals surface area (Å²) in [4.78, 5) is 27.8. The molecule has 134 valence electrons. The molecular weight excluding hydrogens is 335 g/mol. The van der Waals surface area contributed by atoms with Gasteiger partial charge in [-0.3, -0.25) is 10.1 Å². The number of alkyl halides is 3. The standard InChI is InChI=1S/C17H18F3N3O2/c1-11(24)21-16(17(18,19)20)15(25)23(13-9-5-6-10-13)14(22-16)12-7-3-2-4-8-12/h2-4,7-8,13H,5-6,9-10H2,1H3,(H,21,24)/p+1/t16-/m1/s1. The molecule has 0 bridgehead atoms. The molecule has 5 nitrogen and oxygen atoms in total. The lowest BCUT2D eigenvalue weighted by Crippen LogP contribution is -2.96. The lowest BCUT2D eigenvalue weighted by Gasteiger charge is -2.25. The van der Waals surface area contributed by atoms with Crippen molar-refractivity contribution in [2.75, 3.05) is 0 Å². The Labute approximate surface area is 142 Å². The predicted molar refractivity (Wildman–Crippen MR) is 83.2 cm³/mol. The van der Waals surface area contributed by atoms with E-state index < -0.39 is 23.7 Å². The Morgan fingerprint density at radius 1 is 1.24 bits per heavy atom. The average molecular weight is 354 g/mol. The van der Waals surface area contributed by atoms with Crippen molar-refractivity contribution >= 4 is 17.6 Å². The number of rotatable bonds is 3. The minimum Gasteiger partial charge on any atom is -0.298 e. The van der Waals surface area contributed by atoms with Crippen molar-refractivity contribution in [1.82, 2.24) is 10.2 Å². The van der Waals surface area contributed by atoms with Gasteiger partial charge in [-0.05, 0) is 37.8 Å². The highest BCUT2D eigenvalue weighted by atomic mass is 19.4. The van der Waals surface area contributed by atoms with Crippen LogP contribution in [0, 0.1) is 0 Å². The molecule has 1 fully saturated rings. The van der Waals surface area contributed by atoms with Crippen LogP contribution in [0.4, 0.5) is 13.2 Å². The Bertz CT molecular complexity index is 712. The number of nitrogens with one attached hydrogen (secondary N) is 2. The third-order valence-corrected chi connectivity index (χ3v) is 4.61. The SMILES string of the molecule is CC(=O)N[C@@]1(C(F)(F)F)[NH+]=C(c2ccccc2)N(C2CCCC2)C1=O. The van der Waals surface area contributed by atoms with Crippen LogP contribution >= 0.6 is 0 Å². The Morgan fingerprint density at radius 2 is 1.84 bits per heavy atom. The molecule has 1 aromatic rings. The maximum Gasteiger partial charge on any atom is 0.465 e. The van der Waals surface area contributed by atoms with Crippen LogP contribution in [-0.2, 0) is 9.59 Å². The van der Waals surface area contributed by atoms with E-state index in [4.69, 9.17) is 0 Å². The van der Waals surface area contributed by atoms with Crippen molar-refractivity contribution in [2.24, 2.45) is 0 Å². The minimum absolute atomic E-state index is 0.0866. The second-order valence-corrected chi connectivity index (χ2v) is 6.38. The maximum atomic E-state index is 13.8. The smallest absolute Gasteiger partial charge is 0.298 e. The lowest BCUT2D eigenvalue weighted by atomic mass is 10.1. The molecule has 0 saturated heterocycles. The summed E-state index contributed by atoms with van der Waals surface area (Å²) in [5.74, 6) is -2.02. The normalized spacial score (nSPS) is 24.6. The van der Waals surface area contributed by atoms with Crippen LogP contribution in [0.1, 0.15) is 38.2 Å². The molecule has 1 aromatic carbocycles. The highest BCUT2D eigenvalue weighted by molar-refractivity contribution is 6.11. The van der Waals surface area contributed by atoms with Gasteiger partial charge in [0.25, 0.3) is 5.84 Å². The molecule has 1 atom stereocenters. The van der Waals surface area contributed by atoms with Gasteiger partial charge in [-0.25, -0.2) is 9.79 Å². The third-order valence-electron chi connectivity index (χ3n) is 4.61. The van der Waals surface area contributed by atoms with Crippen LogP contribution in [0.3, 0.4) is 0 Å². The van der Waals surface area contributed by atoms with E-state index in [0.29, 0.717) is 18.4 Å². The van der Waals surface area contributed by atoms with E-state index in [-0.39, 0.29) is 11.9 Å². The first-order valence-corrected chi connectivity index (χ1v) is 8.16. The Balaban J connectivity index is 2.15. The fourth-order valence-corrected chi connectivity index (χ4v) is 3.50. The third kappa shape index (κ3) is 2.89. The summed E-state index contributed by atoms with van der Waals surface area (Å²) in [7, 11) is 0. The van der Waals surface area contributed by atoms with Gasteiger partial charge in [0.2, 0.25) is 5.91 Å². The molecule has 2 amide bonds. The van der Waals surface area contributed by atoms with E-state index in [1.807, 2.05) is 5.32 Å². The zero-order valence-electron chi connectivity index (χ0n) is 13.7. The molecule has 0 aromatic heterocycles. The minimum atomic E-state index is -4.98. The molecule has 3 rings (SSSR count). The molecule has 1 aliphatic heterocycles. The molecule has 2 N–H and O–H groups in total. The van der Waals surface area contributed by atoms with Gasteiger partial charge in [-0.2, -0.15) is 18.1 Å². The van der Waals surface area contributed by atoms with E-state index in [1.54, 1.807) is 30.3 Å². The van der Waals surface area contributed by atoms with Crippen molar-refractivity contribution in [1.29, 1.82) is 0 Å². The highest BCUT2D eigenvalue weighted by Gasteiger charge is 2.73. The highest BCUT2D eigenvalue weighted by Crippen LogP contribution is 2.33. The molecule has 8 heteroatoms. The number of amides is 2. The van der Waals surface area contributed by atoms with Crippen LogP contribution in [-0.4, -0.2) is 40.4 Å². The number of amidine groups is 1. The monoisotopic (exact) mass is 354 g/mol. The molecule has 0 unspecified atom stereocenters. The van der Waals surface area contributed by atoms with Gasteiger partial charge in [-0.1, -0.05) is 18.2 Å². The molecule has 1 heterocycles. The van der Waals surface area contributed by atoms with E-state index in [2.05, 4.69) is 4.99 Å². The Kier molecular flexibility index (Phi) is 4.30. The largest absolute Gasteiger partial charge is 0.465 e. The quantitative estimate of drug-likeness (QED) is 0.839. The summed E-state index contributed by atoms with van der Waals surface area (Å²) in [5.41, 5.74) is -2.66. The zero-order chi connectivity index (χ0) is 18.2. The van der Waals surface area contributed by atoms with Crippen LogP contribution in [0.25, 0.3) is 0 Å². The zero-order valence-corrected chi connectivity index (χ0v) is 13.7. The number of hydrogen-bond donors (Lipinski definition) is 2. The van der Waals surface area contributed by atoms with E-state index in [9.17, 15) is 22.8 Å². The maximum absolute atomic E-state index is 13.8. The Morgan fingerprint density at radius 3 is 2.36 bits per heavy atom. The molecule has 2 aliphatic rings. The van der Waals surface area contributed by atoms with Gasteiger partial charge in [0.05, 0.1) is 5.56 Å². The molecule has 0 spiro atoms.